The highest BCUT2D eigenvalue weighted by molar-refractivity contribution is 7.14. The van der Waals surface area contributed by atoms with Crippen molar-refractivity contribution in [2.24, 2.45) is 0 Å². The van der Waals surface area contributed by atoms with Crippen LogP contribution in [-0.2, 0) is 16.0 Å². The van der Waals surface area contributed by atoms with E-state index >= 15 is 0 Å². The van der Waals surface area contributed by atoms with Crippen LogP contribution in [0.25, 0.3) is 0 Å². The van der Waals surface area contributed by atoms with Crippen molar-refractivity contribution in [1.29, 1.82) is 0 Å². The Hall–Kier alpha value is -1.69. The van der Waals surface area contributed by atoms with Crippen molar-refractivity contribution < 1.29 is 19.5 Å². The molecule has 0 radical (unpaired) electrons. The topological polar surface area (TPSA) is 83.5 Å². The summed E-state index contributed by atoms with van der Waals surface area (Å²) in [6, 6.07) is 2.38. The summed E-state index contributed by atoms with van der Waals surface area (Å²) in [6.45, 7) is 3.21. The third-order valence-corrected chi connectivity index (χ3v) is 3.62. The van der Waals surface area contributed by atoms with Gasteiger partial charge >= 0.3 is 5.97 Å². The summed E-state index contributed by atoms with van der Waals surface area (Å²) in [7, 11) is 0. The highest BCUT2D eigenvalue weighted by Gasteiger charge is 2.23. The SMILES string of the molecule is CCc1ccc(C(=O)CC(NC(C)=O)C(=O)O)s1. The second-order valence-electron chi connectivity index (χ2n) is 3.84. The molecule has 1 unspecified atom stereocenters. The summed E-state index contributed by atoms with van der Waals surface area (Å²) < 4.78 is 0. The van der Waals surface area contributed by atoms with Gasteiger partial charge in [0.15, 0.2) is 5.78 Å². The van der Waals surface area contributed by atoms with Gasteiger partial charge in [-0.2, -0.15) is 0 Å². The molecule has 2 N–H and O–H groups in total. The molecule has 1 atom stereocenters. The smallest absolute Gasteiger partial charge is 0.326 e. The number of carbonyl (C=O) groups is 3. The minimum absolute atomic E-state index is 0.224. The molecule has 5 nitrogen and oxygen atoms in total. The van der Waals surface area contributed by atoms with E-state index < -0.39 is 17.9 Å². The predicted octanol–water partition coefficient (Wildman–Crippen LogP) is 1.47. The number of carboxylic acid groups (broad SMARTS) is 1. The zero-order valence-electron chi connectivity index (χ0n) is 10.2. The Labute approximate surface area is 109 Å². The number of hydrogen-bond acceptors (Lipinski definition) is 4. The molecule has 0 spiro atoms. The van der Waals surface area contributed by atoms with Crippen LogP contribution in [-0.4, -0.2) is 28.8 Å². The van der Waals surface area contributed by atoms with Crippen LogP contribution in [0.15, 0.2) is 12.1 Å². The Morgan fingerprint density at radius 3 is 2.50 bits per heavy atom. The molecule has 1 aromatic rings. The van der Waals surface area contributed by atoms with Gasteiger partial charge in [0.1, 0.15) is 6.04 Å². The fourth-order valence-corrected chi connectivity index (χ4v) is 2.35. The van der Waals surface area contributed by atoms with Crippen molar-refractivity contribution in [1.82, 2.24) is 5.32 Å². The molecule has 98 valence electrons. The average molecular weight is 269 g/mol. The number of carboxylic acids is 1. The minimum Gasteiger partial charge on any atom is -0.480 e. The monoisotopic (exact) mass is 269 g/mol. The Bertz CT molecular complexity index is 466. The summed E-state index contributed by atoms with van der Waals surface area (Å²) in [6.07, 6.45) is 0.616. The lowest BCUT2D eigenvalue weighted by Gasteiger charge is -2.11. The molecule has 1 heterocycles. The zero-order chi connectivity index (χ0) is 13.7. The van der Waals surface area contributed by atoms with Crippen LogP contribution in [0.2, 0.25) is 0 Å². The molecule has 0 saturated carbocycles. The van der Waals surface area contributed by atoms with Gasteiger partial charge in [-0.05, 0) is 18.6 Å². The van der Waals surface area contributed by atoms with E-state index in [1.54, 1.807) is 6.07 Å². The maximum absolute atomic E-state index is 11.9. The number of Topliss-reactive ketones (excluding diaryl/α,β-unsaturated/α-hetero) is 1. The van der Waals surface area contributed by atoms with Gasteiger partial charge in [-0.15, -0.1) is 11.3 Å². The number of thiophene rings is 1. The first-order valence-electron chi connectivity index (χ1n) is 5.55. The molecule has 6 heteroatoms. The van der Waals surface area contributed by atoms with E-state index in [1.807, 2.05) is 13.0 Å². The first-order valence-corrected chi connectivity index (χ1v) is 6.37. The summed E-state index contributed by atoms with van der Waals surface area (Å²) in [5.41, 5.74) is 0. The zero-order valence-corrected chi connectivity index (χ0v) is 11.0. The highest BCUT2D eigenvalue weighted by Crippen LogP contribution is 2.19. The molecular weight excluding hydrogens is 254 g/mol. The molecular formula is C12H15NO4S. The van der Waals surface area contributed by atoms with Crippen molar-refractivity contribution in [2.45, 2.75) is 32.7 Å². The summed E-state index contributed by atoms with van der Waals surface area (Å²) >= 11 is 1.36. The summed E-state index contributed by atoms with van der Waals surface area (Å²) in [4.78, 5) is 35.2. The third kappa shape index (κ3) is 3.96. The maximum atomic E-state index is 11.9. The van der Waals surface area contributed by atoms with E-state index in [1.165, 1.54) is 18.3 Å². The number of carbonyl (C=O) groups excluding carboxylic acids is 2. The van der Waals surface area contributed by atoms with Crippen molar-refractivity contribution >= 4 is 29.0 Å². The Morgan fingerprint density at radius 2 is 2.06 bits per heavy atom. The van der Waals surface area contributed by atoms with Gasteiger partial charge < -0.3 is 10.4 Å². The molecule has 1 amide bonds. The number of aliphatic carboxylic acids is 1. The maximum Gasteiger partial charge on any atom is 0.326 e. The number of rotatable bonds is 6. The van der Waals surface area contributed by atoms with Crippen LogP contribution >= 0.6 is 11.3 Å². The fourth-order valence-electron chi connectivity index (χ4n) is 1.45. The number of amides is 1. The molecule has 18 heavy (non-hydrogen) atoms. The average Bonchev–Trinajstić information content (AvgIpc) is 2.75. The second kappa shape index (κ2) is 6.30. The Kier molecular flexibility index (Phi) is 5.03. The lowest BCUT2D eigenvalue weighted by atomic mass is 10.1. The van der Waals surface area contributed by atoms with E-state index in [0.29, 0.717) is 4.88 Å². The van der Waals surface area contributed by atoms with Crippen molar-refractivity contribution in [3.63, 3.8) is 0 Å². The van der Waals surface area contributed by atoms with Crippen LogP contribution in [0.4, 0.5) is 0 Å². The predicted molar refractivity (Wildman–Crippen MR) is 67.9 cm³/mol. The first-order chi connectivity index (χ1) is 8.43. The van der Waals surface area contributed by atoms with E-state index in [0.717, 1.165) is 11.3 Å². The van der Waals surface area contributed by atoms with E-state index in [-0.39, 0.29) is 12.2 Å². The van der Waals surface area contributed by atoms with Gasteiger partial charge in [0.05, 0.1) is 4.88 Å². The molecule has 0 aliphatic heterocycles. The summed E-state index contributed by atoms with van der Waals surface area (Å²) in [5, 5.41) is 11.2. The summed E-state index contributed by atoms with van der Waals surface area (Å²) in [5.74, 6) is -1.93. The van der Waals surface area contributed by atoms with Crippen molar-refractivity contribution in [3.05, 3.63) is 21.9 Å². The van der Waals surface area contributed by atoms with Crippen molar-refractivity contribution in [2.75, 3.05) is 0 Å². The highest BCUT2D eigenvalue weighted by atomic mass is 32.1. The first kappa shape index (κ1) is 14.4. The molecule has 0 saturated heterocycles. The fraction of sp³-hybridized carbons (Fsp3) is 0.417. The standard InChI is InChI=1S/C12H15NO4S/c1-3-8-4-5-11(18-8)10(15)6-9(12(16)17)13-7(2)14/h4-5,9H,3,6H2,1-2H3,(H,13,14)(H,16,17). The minimum atomic E-state index is -1.20. The number of aryl methyl sites for hydroxylation is 1. The van der Waals surface area contributed by atoms with Crippen LogP contribution < -0.4 is 5.32 Å². The van der Waals surface area contributed by atoms with Crippen LogP contribution in [0.5, 0.6) is 0 Å². The number of ketones is 1. The Balaban J connectivity index is 2.71. The van der Waals surface area contributed by atoms with Gasteiger partial charge in [-0.25, -0.2) is 4.79 Å². The second-order valence-corrected chi connectivity index (χ2v) is 5.01. The molecule has 0 bridgehead atoms. The van der Waals surface area contributed by atoms with Gasteiger partial charge in [0.2, 0.25) is 5.91 Å². The van der Waals surface area contributed by atoms with Gasteiger partial charge in [-0.3, -0.25) is 9.59 Å². The largest absolute Gasteiger partial charge is 0.480 e. The molecule has 0 aliphatic carbocycles. The van der Waals surface area contributed by atoms with Gasteiger partial charge in [-0.1, -0.05) is 6.92 Å². The van der Waals surface area contributed by atoms with E-state index in [4.69, 9.17) is 5.11 Å². The lowest BCUT2D eigenvalue weighted by molar-refractivity contribution is -0.141. The van der Waals surface area contributed by atoms with Gasteiger partial charge in [0, 0.05) is 18.2 Å². The Morgan fingerprint density at radius 1 is 1.39 bits per heavy atom. The number of nitrogens with one attached hydrogen (secondary N) is 1. The number of hydrogen-bond donors (Lipinski definition) is 2. The third-order valence-electron chi connectivity index (χ3n) is 2.35. The molecule has 0 aliphatic rings. The van der Waals surface area contributed by atoms with Crippen LogP contribution in [0, 0.1) is 0 Å². The molecule has 1 aromatic heterocycles. The lowest BCUT2D eigenvalue weighted by Crippen LogP contribution is -2.41. The normalized spacial score (nSPS) is 11.9. The van der Waals surface area contributed by atoms with Crippen LogP contribution in [0.3, 0.4) is 0 Å². The van der Waals surface area contributed by atoms with E-state index in [9.17, 15) is 14.4 Å². The van der Waals surface area contributed by atoms with Gasteiger partial charge in [0.25, 0.3) is 0 Å². The van der Waals surface area contributed by atoms with Crippen molar-refractivity contribution in [3.8, 4) is 0 Å². The quantitative estimate of drug-likeness (QED) is 0.766. The molecule has 0 fully saturated rings. The molecule has 1 rings (SSSR count). The van der Waals surface area contributed by atoms with E-state index in [2.05, 4.69) is 5.32 Å². The van der Waals surface area contributed by atoms with Crippen LogP contribution in [0.1, 0.15) is 34.8 Å². The molecule has 0 aromatic carbocycles.